The summed E-state index contributed by atoms with van der Waals surface area (Å²) in [5, 5.41) is 4.77. The monoisotopic (exact) mass is 615 g/mol. The zero-order chi connectivity index (χ0) is 28.1. The minimum Gasteiger partial charge on any atom is -0.490 e. The second-order valence-corrected chi connectivity index (χ2v) is 9.36. The minimum absolute atomic E-state index is 0.0480. The Hall–Kier alpha value is -4.22. The lowest BCUT2D eigenvalue weighted by molar-refractivity contribution is -0.122. The average Bonchev–Trinajstić information content (AvgIpc) is 2.88. The molecule has 1 aliphatic heterocycles. The maximum atomic E-state index is 13.2. The SMILES string of the molecule is CCOc1cc(/C=C2\C(=O)NC(=O)N(c3ccc(Br)cc3)C2=O)cc(Cl)c1OCC(=O)Nc1ccc(F)cc1. The average molecular weight is 617 g/mol. The number of nitrogens with one attached hydrogen (secondary N) is 2. The van der Waals surface area contributed by atoms with Crippen LogP contribution in [-0.2, 0) is 14.4 Å². The van der Waals surface area contributed by atoms with Gasteiger partial charge in [0.25, 0.3) is 17.7 Å². The van der Waals surface area contributed by atoms with Crippen LogP contribution in [0.5, 0.6) is 11.5 Å². The van der Waals surface area contributed by atoms with E-state index in [2.05, 4.69) is 26.6 Å². The van der Waals surface area contributed by atoms with Gasteiger partial charge in [-0.25, -0.2) is 14.1 Å². The predicted octanol–water partition coefficient (Wildman–Crippen LogP) is 5.32. The molecular formula is C27H20BrClFN3O6. The molecule has 0 unspecified atom stereocenters. The number of imide groups is 2. The summed E-state index contributed by atoms with van der Waals surface area (Å²) in [4.78, 5) is 51.3. The van der Waals surface area contributed by atoms with Gasteiger partial charge < -0.3 is 14.8 Å². The summed E-state index contributed by atoms with van der Waals surface area (Å²) in [6.45, 7) is 1.52. The summed E-state index contributed by atoms with van der Waals surface area (Å²) in [7, 11) is 0. The predicted molar refractivity (Wildman–Crippen MR) is 146 cm³/mol. The number of amides is 5. The number of halogens is 3. The number of ether oxygens (including phenoxy) is 2. The van der Waals surface area contributed by atoms with Crippen molar-refractivity contribution in [2.45, 2.75) is 6.92 Å². The summed E-state index contributed by atoms with van der Waals surface area (Å²) < 4.78 is 25.0. The molecule has 0 bridgehead atoms. The largest absolute Gasteiger partial charge is 0.490 e. The number of hydrogen-bond acceptors (Lipinski definition) is 6. The van der Waals surface area contributed by atoms with Crippen LogP contribution >= 0.6 is 27.5 Å². The quantitative estimate of drug-likeness (QED) is 0.262. The first-order valence-electron chi connectivity index (χ1n) is 11.5. The fourth-order valence-corrected chi connectivity index (χ4v) is 4.13. The second kappa shape index (κ2) is 12.1. The van der Waals surface area contributed by atoms with Gasteiger partial charge in [-0.15, -0.1) is 0 Å². The number of anilines is 2. The van der Waals surface area contributed by atoms with E-state index in [4.69, 9.17) is 21.1 Å². The molecule has 0 atom stereocenters. The van der Waals surface area contributed by atoms with Crippen molar-refractivity contribution in [3.05, 3.63) is 87.1 Å². The van der Waals surface area contributed by atoms with E-state index in [1.54, 1.807) is 31.2 Å². The number of carbonyl (C=O) groups excluding carboxylic acids is 4. The third-order valence-electron chi connectivity index (χ3n) is 5.30. The van der Waals surface area contributed by atoms with Crippen molar-refractivity contribution >= 4 is 68.7 Å². The first-order chi connectivity index (χ1) is 18.7. The van der Waals surface area contributed by atoms with E-state index >= 15 is 0 Å². The number of hydrogen-bond donors (Lipinski definition) is 2. The van der Waals surface area contributed by atoms with Crippen molar-refractivity contribution in [2.24, 2.45) is 0 Å². The van der Waals surface area contributed by atoms with E-state index in [0.29, 0.717) is 11.3 Å². The number of rotatable bonds is 8. The normalized spacial score (nSPS) is 14.3. The molecule has 3 aromatic rings. The molecule has 1 fully saturated rings. The Morgan fingerprint density at radius 3 is 2.44 bits per heavy atom. The molecule has 0 radical (unpaired) electrons. The third-order valence-corrected chi connectivity index (χ3v) is 6.11. The Balaban J connectivity index is 1.57. The van der Waals surface area contributed by atoms with Gasteiger partial charge in [0.15, 0.2) is 18.1 Å². The topological polar surface area (TPSA) is 114 Å². The van der Waals surface area contributed by atoms with Gasteiger partial charge in [0, 0.05) is 10.2 Å². The highest BCUT2D eigenvalue weighted by Crippen LogP contribution is 2.37. The molecule has 12 heteroatoms. The van der Waals surface area contributed by atoms with E-state index in [1.165, 1.54) is 42.5 Å². The fraction of sp³-hybridized carbons (Fsp3) is 0.111. The summed E-state index contributed by atoms with van der Waals surface area (Å²) >= 11 is 9.72. The van der Waals surface area contributed by atoms with Crippen LogP contribution in [0, 0.1) is 5.82 Å². The Labute approximate surface area is 235 Å². The summed E-state index contributed by atoms with van der Waals surface area (Å²) in [5.74, 6) is -2.42. The van der Waals surface area contributed by atoms with Crippen LogP contribution < -0.4 is 25.0 Å². The molecule has 200 valence electrons. The van der Waals surface area contributed by atoms with Crippen molar-refractivity contribution in [1.29, 1.82) is 0 Å². The molecule has 3 aromatic carbocycles. The summed E-state index contributed by atoms with van der Waals surface area (Å²) in [6.07, 6.45) is 1.27. The number of barbiturate groups is 1. The molecule has 9 nitrogen and oxygen atoms in total. The van der Waals surface area contributed by atoms with Crippen LogP contribution in [0.4, 0.5) is 20.6 Å². The molecule has 2 N–H and O–H groups in total. The van der Waals surface area contributed by atoms with Crippen molar-refractivity contribution in [3.63, 3.8) is 0 Å². The number of nitrogens with zero attached hydrogens (tertiary/aromatic N) is 1. The smallest absolute Gasteiger partial charge is 0.335 e. The Bertz CT molecular complexity index is 1480. The van der Waals surface area contributed by atoms with Gasteiger partial charge >= 0.3 is 6.03 Å². The van der Waals surface area contributed by atoms with E-state index in [-0.39, 0.29) is 34.4 Å². The van der Waals surface area contributed by atoms with Crippen LogP contribution in [0.15, 0.2) is 70.7 Å². The molecule has 0 aromatic heterocycles. The second-order valence-electron chi connectivity index (χ2n) is 8.04. The minimum atomic E-state index is -0.875. The summed E-state index contributed by atoms with van der Waals surface area (Å²) in [6, 6.07) is 13.7. The lowest BCUT2D eigenvalue weighted by Crippen LogP contribution is -2.54. The first kappa shape index (κ1) is 27.8. The Morgan fingerprint density at radius 2 is 1.77 bits per heavy atom. The highest BCUT2D eigenvalue weighted by molar-refractivity contribution is 9.10. The highest BCUT2D eigenvalue weighted by Gasteiger charge is 2.36. The zero-order valence-electron chi connectivity index (χ0n) is 20.3. The lowest BCUT2D eigenvalue weighted by atomic mass is 10.1. The van der Waals surface area contributed by atoms with Crippen molar-refractivity contribution in [2.75, 3.05) is 23.4 Å². The van der Waals surface area contributed by atoms with Crippen molar-refractivity contribution in [3.8, 4) is 11.5 Å². The highest BCUT2D eigenvalue weighted by atomic mass is 79.9. The van der Waals surface area contributed by atoms with Crippen LogP contribution in [0.25, 0.3) is 6.08 Å². The molecule has 0 aliphatic carbocycles. The Kier molecular flexibility index (Phi) is 8.62. The number of benzene rings is 3. The fourth-order valence-electron chi connectivity index (χ4n) is 3.59. The number of carbonyl (C=O) groups is 4. The molecule has 1 aliphatic rings. The molecule has 1 saturated heterocycles. The molecule has 39 heavy (non-hydrogen) atoms. The van der Waals surface area contributed by atoms with Gasteiger partial charge in [-0.1, -0.05) is 27.5 Å². The van der Waals surface area contributed by atoms with Crippen LogP contribution in [0.3, 0.4) is 0 Å². The maximum absolute atomic E-state index is 13.2. The standard InChI is InChI=1S/C27H20BrClFN3O6/c1-2-38-22-13-15(12-21(29)24(22)39-14-23(34)31-18-7-5-17(30)6-8-18)11-20-25(35)32-27(37)33(26(20)36)19-9-3-16(28)4-10-19/h3-13H,2,14H2,1H3,(H,31,34)(H,32,35,37)/b20-11+. The van der Waals surface area contributed by atoms with Crippen LogP contribution in [-0.4, -0.2) is 37.0 Å². The zero-order valence-corrected chi connectivity index (χ0v) is 22.6. The van der Waals surface area contributed by atoms with Crippen LogP contribution in [0.1, 0.15) is 12.5 Å². The van der Waals surface area contributed by atoms with Gasteiger partial charge in [-0.2, -0.15) is 0 Å². The van der Waals surface area contributed by atoms with Crippen molar-refractivity contribution < 1.29 is 33.0 Å². The summed E-state index contributed by atoms with van der Waals surface area (Å²) in [5.41, 5.74) is 0.669. The third kappa shape index (κ3) is 6.62. The molecular weight excluding hydrogens is 597 g/mol. The van der Waals surface area contributed by atoms with Gasteiger partial charge in [0.05, 0.1) is 17.3 Å². The number of urea groups is 1. The lowest BCUT2D eigenvalue weighted by Gasteiger charge is -2.26. The molecule has 0 spiro atoms. The molecule has 1 heterocycles. The maximum Gasteiger partial charge on any atom is 0.335 e. The van der Waals surface area contributed by atoms with E-state index in [0.717, 1.165) is 9.37 Å². The van der Waals surface area contributed by atoms with Gasteiger partial charge in [-0.05, 0) is 79.2 Å². The van der Waals surface area contributed by atoms with Gasteiger partial charge in [-0.3, -0.25) is 19.7 Å². The molecule has 0 saturated carbocycles. The molecule has 4 rings (SSSR count). The molecule has 5 amide bonds. The van der Waals surface area contributed by atoms with Gasteiger partial charge in [0.2, 0.25) is 0 Å². The Morgan fingerprint density at radius 1 is 1.08 bits per heavy atom. The first-order valence-corrected chi connectivity index (χ1v) is 12.6. The van der Waals surface area contributed by atoms with Crippen LogP contribution in [0.2, 0.25) is 5.02 Å². The van der Waals surface area contributed by atoms with E-state index in [1.807, 2.05) is 0 Å². The van der Waals surface area contributed by atoms with Crippen molar-refractivity contribution in [1.82, 2.24) is 5.32 Å². The van der Waals surface area contributed by atoms with E-state index < -0.39 is 36.2 Å². The van der Waals surface area contributed by atoms with Gasteiger partial charge in [0.1, 0.15) is 11.4 Å². The van der Waals surface area contributed by atoms with E-state index in [9.17, 15) is 23.6 Å².